The van der Waals surface area contributed by atoms with Gasteiger partial charge in [0.05, 0.1) is 11.8 Å². The fourth-order valence-electron chi connectivity index (χ4n) is 3.65. The largest absolute Gasteiger partial charge is 0.392 e. The van der Waals surface area contributed by atoms with Crippen LogP contribution in [-0.4, -0.2) is 69.1 Å². The molecule has 1 atom stereocenters. The number of likely N-dealkylation sites (tertiary alicyclic amines) is 2. The molecule has 126 valence electrons. The summed E-state index contributed by atoms with van der Waals surface area (Å²) >= 11 is 0. The Morgan fingerprint density at radius 3 is 2.74 bits per heavy atom. The maximum Gasteiger partial charge on any atom is 0.222 e. The third-order valence-electron chi connectivity index (χ3n) is 4.97. The van der Waals surface area contributed by atoms with Crippen molar-refractivity contribution in [2.24, 2.45) is 0 Å². The van der Waals surface area contributed by atoms with Gasteiger partial charge in [-0.15, -0.1) is 0 Å². The van der Waals surface area contributed by atoms with Crippen LogP contribution < -0.4 is 0 Å². The molecule has 0 aliphatic carbocycles. The number of aliphatic hydroxyl groups is 1. The molecule has 6 heteroatoms. The fraction of sp³-hybridized carbons (Fsp3) is 0.706. The van der Waals surface area contributed by atoms with Gasteiger partial charge in [0, 0.05) is 50.7 Å². The Kier molecular flexibility index (Phi) is 5.56. The molecule has 0 saturated carbocycles. The predicted octanol–water partition coefficient (Wildman–Crippen LogP) is 0.857. The minimum atomic E-state index is -0.171. The molecule has 2 aliphatic heterocycles. The molecule has 23 heavy (non-hydrogen) atoms. The average Bonchev–Trinajstić information content (AvgIpc) is 2.61. The second-order valence-electron chi connectivity index (χ2n) is 6.60. The quantitative estimate of drug-likeness (QED) is 0.891. The Hall–Kier alpha value is -1.53. The maximum atomic E-state index is 12.3. The lowest BCUT2D eigenvalue weighted by atomic mass is 9.98. The molecule has 3 heterocycles. The van der Waals surface area contributed by atoms with Crippen molar-refractivity contribution in [2.45, 2.75) is 50.7 Å². The third-order valence-corrected chi connectivity index (χ3v) is 4.97. The highest BCUT2D eigenvalue weighted by Gasteiger charge is 2.29. The summed E-state index contributed by atoms with van der Waals surface area (Å²) in [6.07, 6.45) is 10.1. The molecule has 1 aromatic heterocycles. The number of aliphatic hydroxyl groups excluding tert-OH is 1. The van der Waals surface area contributed by atoms with Crippen molar-refractivity contribution in [3.05, 3.63) is 24.3 Å². The zero-order valence-corrected chi connectivity index (χ0v) is 13.6. The topological polar surface area (TPSA) is 69.6 Å². The summed E-state index contributed by atoms with van der Waals surface area (Å²) in [4.78, 5) is 25.0. The number of piperidine rings is 2. The van der Waals surface area contributed by atoms with Crippen LogP contribution in [0.15, 0.2) is 18.6 Å². The molecular formula is C17H26N4O2. The summed E-state index contributed by atoms with van der Waals surface area (Å²) in [5, 5.41) is 9.81. The van der Waals surface area contributed by atoms with Crippen LogP contribution >= 0.6 is 0 Å². The highest BCUT2D eigenvalue weighted by molar-refractivity contribution is 5.76. The lowest BCUT2D eigenvalue weighted by molar-refractivity contribution is -0.133. The van der Waals surface area contributed by atoms with E-state index in [1.165, 1.54) is 0 Å². The molecule has 2 fully saturated rings. The summed E-state index contributed by atoms with van der Waals surface area (Å²) in [7, 11) is 0. The minimum absolute atomic E-state index is 0.171. The standard InChI is InChI=1S/C17H26N4O2/c22-16-2-1-9-21(13-16)15-5-10-20(11-6-15)17(23)4-3-14-12-18-7-8-19-14/h7-8,12,15-16,22H,1-6,9-11,13H2/t16-/m0/s1. The van der Waals surface area contributed by atoms with E-state index in [1.807, 2.05) is 4.90 Å². The maximum absolute atomic E-state index is 12.3. The van der Waals surface area contributed by atoms with Crippen LogP contribution in [-0.2, 0) is 11.2 Å². The zero-order valence-electron chi connectivity index (χ0n) is 13.6. The summed E-state index contributed by atoms with van der Waals surface area (Å²) < 4.78 is 0. The van der Waals surface area contributed by atoms with Gasteiger partial charge in [0.1, 0.15) is 0 Å². The van der Waals surface area contributed by atoms with Crippen LogP contribution in [0, 0.1) is 0 Å². The number of aromatic nitrogens is 2. The molecule has 6 nitrogen and oxygen atoms in total. The van der Waals surface area contributed by atoms with E-state index in [-0.39, 0.29) is 12.0 Å². The Morgan fingerprint density at radius 1 is 1.22 bits per heavy atom. The first-order valence-corrected chi connectivity index (χ1v) is 8.67. The first kappa shape index (κ1) is 16.3. The molecule has 1 amide bonds. The number of carbonyl (C=O) groups is 1. The molecular weight excluding hydrogens is 292 g/mol. The van der Waals surface area contributed by atoms with Crippen molar-refractivity contribution >= 4 is 5.91 Å². The number of carbonyl (C=O) groups excluding carboxylic acids is 1. The van der Waals surface area contributed by atoms with E-state index in [0.717, 1.165) is 57.6 Å². The van der Waals surface area contributed by atoms with Gasteiger partial charge >= 0.3 is 0 Å². The summed E-state index contributed by atoms with van der Waals surface area (Å²) in [5.74, 6) is 0.216. The lowest BCUT2D eigenvalue weighted by Gasteiger charge is -2.41. The first-order valence-electron chi connectivity index (χ1n) is 8.67. The summed E-state index contributed by atoms with van der Waals surface area (Å²) in [6, 6.07) is 0.522. The van der Waals surface area contributed by atoms with E-state index in [4.69, 9.17) is 0 Å². The monoisotopic (exact) mass is 318 g/mol. The van der Waals surface area contributed by atoms with Gasteiger partial charge in [-0.2, -0.15) is 0 Å². The zero-order chi connectivity index (χ0) is 16.1. The highest BCUT2D eigenvalue weighted by Crippen LogP contribution is 2.21. The third kappa shape index (κ3) is 4.48. The van der Waals surface area contributed by atoms with E-state index in [1.54, 1.807) is 18.6 Å². The molecule has 2 aliphatic rings. The normalized spacial score (nSPS) is 23.9. The number of rotatable bonds is 4. The van der Waals surface area contributed by atoms with E-state index in [0.29, 0.717) is 18.9 Å². The van der Waals surface area contributed by atoms with Crippen molar-refractivity contribution in [3.8, 4) is 0 Å². The summed E-state index contributed by atoms with van der Waals surface area (Å²) in [6.45, 7) is 3.54. The molecule has 0 radical (unpaired) electrons. The van der Waals surface area contributed by atoms with Crippen LogP contribution in [0.3, 0.4) is 0 Å². The van der Waals surface area contributed by atoms with Crippen LogP contribution in [0.1, 0.15) is 37.8 Å². The lowest BCUT2D eigenvalue weighted by Crippen LogP contribution is -2.50. The first-order chi connectivity index (χ1) is 11.2. The highest BCUT2D eigenvalue weighted by atomic mass is 16.3. The molecule has 3 rings (SSSR count). The van der Waals surface area contributed by atoms with Gasteiger partial charge in [-0.05, 0) is 38.6 Å². The molecule has 0 aromatic carbocycles. The Morgan fingerprint density at radius 2 is 2.04 bits per heavy atom. The van der Waals surface area contributed by atoms with Crippen molar-refractivity contribution in [2.75, 3.05) is 26.2 Å². The van der Waals surface area contributed by atoms with Gasteiger partial charge < -0.3 is 10.0 Å². The van der Waals surface area contributed by atoms with E-state index in [2.05, 4.69) is 14.9 Å². The Bertz CT molecular complexity index is 503. The second kappa shape index (κ2) is 7.84. The number of amides is 1. The SMILES string of the molecule is O=C(CCc1cnccn1)N1CCC(N2CCC[C@H](O)C2)CC1. The van der Waals surface area contributed by atoms with Crippen LogP contribution in [0.25, 0.3) is 0 Å². The second-order valence-corrected chi connectivity index (χ2v) is 6.60. The Balaban J connectivity index is 1.42. The number of hydrogen-bond acceptors (Lipinski definition) is 5. The average molecular weight is 318 g/mol. The molecule has 0 spiro atoms. The minimum Gasteiger partial charge on any atom is -0.392 e. The molecule has 0 bridgehead atoms. The smallest absolute Gasteiger partial charge is 0.222 e. The fourth-order valence-corrected chi connectivity index (χ4v) is 3.65. The van der Waals surface area contributed by atoms with Crippen molar-refractivity contribution in [1.29, 1.82) is 0 Å². The van der Waals surface area contributed by atoms with E-state index >= 15 is 0 Å². The van der Waals surface area contributed by atoms with E-state index < -0.39 is 0 Å². The Labute approximate surface area is 137 Å². The van der Waals surface area contributed by atoms with Crippen LogP contribution in [0.4, 0.5) is 0 Å². The van der Waals surface area contributed by atoms with E-state index in [9.17, 15) is 9.90 Å². The van der Waals surface area contributed by atoms with Gasteiger partial charge in [-0.3, -0.25) is 19.7 Å². The van der Waals surface area contributed by atoms with Crippen LogP contribution in [0.5, 0.6) is 0 Å². The van der Waals surface area contributed by atoms with Crippen molar-refractivity contribution < 1.29 is 9.90 Å². The number of β-amino-alcohol motifs (C(OH)–C–C–N with tert-alkyl or cyclic N) is 1. The molecule has 2 saturated heterocycles. The van der Waals surface area contributed by atoms with Crippen LogP contribution in [0.2, 0.25) is 0 Å². The van der Waals surface area contributed by atoms with Gasteiger partial charge in [-0.1, -0.05) is 0 Å². The summed E-state index contributed by atoms with van der Waals surface area (Å²) in [5.41, 5.74) is 0.873. The van der Waals surface area contributed by atoms with Gasteiger partial charge in [0.2, 0.25) is 5.91 Å². The molecule has 1 aromatic rings. The number of hydrogen-bond donors (Lipinski definition) is 1. The van der Waals surface area contributed by atoms with Gasteiger partial charge in [0.15, 0.2) is 0 Å². The van der Waals surface area contributed by atoms with Crippen molar-refractivity contribution in [3.63, 3.8) is 0 Å². The van der Waals surface area contributed by atoms with Gasteiger partial charge in [0.25, 0.3) is 0 Å². The number of nitrogens with zero attached hydrogens (tertiary/aromatic N) is 4. The van der Waals surface area contributed by atoms with Crippen molar-refractivity contribution in [1.82, 2.24) is 19.8 Å². The predicted molar refractivity (Wildman–Crippen MR) is 86.8 cm³/mol. The van der Waals surface area contributed by atoms with Gasteiger partial charge in [-0.25, -0.2) is 0 Å². The number of aryl methyl sites for hydroxylation is 1. The molecule has 0 unspecified atom stereocenters. The molecule has 1 N–H and O–H groups in total.